The van der Waals surface area contributed by atoms with Crippen molar-refractivity contribution in [3.63, 3.8) is 0 Å². The minimum atomic E-state index is -0.0187. The van der Waals surface area contributed by atoms with Crippen molar-refractivity contribution in [2.75, 3.05) is 20.3 Å². The van der Waals surface area contributed by atoms with Gasteiger partial charge in [0.05, 0.1) is 0 Å². The van der Waals surface area contributed by atoms with Gasteiger partial charge in [-0.1, -0.05) is 28.1 Å². The minimum absolute atomic E-state index is 0.0187. The molecule has 1 N–H and O–H groups in total. The van der Waals surface area contributed by atoms with Gasteiger partial charge in [-0.3, -0.25) is 0 Å². The highest BCUT2D eigenvalue weighted by Gasteiger charge is 2.18. The van der Waals surface area contributed by atoms with Crippen LogP contribution in [0.25, 0.3) is 0 Å². The summed E-state index contributed by atoms with van der Waals surface area (Å²) >= 11 is 3.40. The third-order valence-corrected chi connectivity index (χ3v) is 3.76. The Bertz CT molecular complexity index is 416. The van der Waals surface area contributed by atoms with E-state index in [9.17, 15) is 4.79 Å². The van der Waals surface area contributed by atoms with Crippen LogP contribution in [0, 0.1) is 0 Å². The molecule has 0 spiro atoms. The second-order valence-electron chi connectivity index (χ2n) is 4.82. The molecule has 1 aromatic carbocycles. The number of hydrogen-bond donors (Lipinski definition) is 1. The Labute approximate surface area is 122 Å². The molecule has 0 aromatic heterocycles. The standard InChI is InChI=1S/C14H19BrN2O2/c1-17(10-11-2-4-12(15)5-3-11)14(18)16-13-6-8-19-9-7-13/h2-5,13H,6-10H2,1H3,(H,16,18). The summed E-state index contributed by atoms with van der Waals surface area (Å²) in [7, 11) is 1.82. The van der Waals surface area contributed by atoms with Crippen molar-refractivity contribution in [1.29, 1.82) is 0 Å². The SMILES string of the molecule is CN(Cc1ccc(Br)cc1)C(=O)NC1CCOCC1. The highest BCUT2D eigenvalue weighted by atomic mass is 79.9. The normalized spacial score (nSPS) is 16.1. The molecule has 2 rings (SSSR count). The van der Waals surface area contributed by atoms with Crippen molar-refractivity contribution in [3.05, 3.63) is 34.3 Å². The largest absolute Gasteiger partial charge is 0.381 e. The van der Waals surface area contributed by atoms with Crippen LogP contribution in [0.1, 0.15) is 18.4 Å². The van der Waals surface area contributed by atoms with Crippen molar-refractivity contribution in [3.8, 4) is 0 Å². The lowest BCUT2D eigenvalue weighted by molar-refractivity contribution is 0.0784. The molecule has 0 bridgehead atoms. The van der Waals surface area contributed by atoms with E-state index in [1.54, 1.807) is 4.90 Å². The Kier molecular flexibility index (Phi) is 5.22. The molecule has 5 heteroatoms. The van der Waals surface area contributed by atoms with E-state index in [0.717, 1.165) is 36.1 Å². The van der Waals surface area contributed by atoms with Gasteiger partial charge < -0.3 is 15.0 Å². The highest BCUT2D eigenvalue weighted by molar-refractivity contribution is 9.10. The lowest BCUT2D eigenvalue weighted by Crippen LogP contribution is -2.44. The number of amides is 2. The number of carbonyl (C=O) groups is 1. The van der Waals surface area contributed by atoms with Crippen molar-refractivity contribution in [1.82, 2.24) is 10.2 Å². The summed E-state index contributed by atoms with van der Waals surface area (Å²) in [6.07, 6.45) is 1.80. The smallest absolute Gasteiger partial charge is 0.317 e. The molecule has 0 aliphatic carbocycles. The Morgan fingerprint density at radius 2 is 2.00 bits per heavy atom. The number of urea groups is 1. The number of nitrogens with one attached hydrogen (secondary N) is 1. The van der Waals surface area contributed by atoms with Crippen molar-refractivity contribution in [2.45, 2.75) is 25.4 Å². The molecule has 1 heterocycles. The van der Waals surface area contributed by atoms with Crippen LogP contribution in [0.3, 0.4) is 0 Å². The van der Waals surface area contributed by atoms with Crippen LogP contribution < -0.4 is 5.32 Å². The third kappa shape index (κ3) is 4.51. The number of nitrogens with zero attached hydrogens (tertiary/aromatic N) is 1. The topological polar surface area (TPSA) is 41.6 Å². The molecule has 1 aliphatic heterocycles. The first kappa shape index (κ1) is 14.3. The first-order valence-corrected chi connectivity index (χ1v) is 7.28. The maximum absolute atomic E-state index is 12.0. The van der Waals surface area contributed by atoms with Crippen LogP contribution in [0.2, 0.25) is 0 Å². The van der Waals surface area contributed by atoms with Gasteiger partial charge in [0.2, 0.25) is 0 Å². The molecule has 1 saturated heterocycles. The van der Waals surface area contributed by atoms with Crippen LogP contribution in [-0.2, 0) is 11.3 Å². The molecular formula is C14H19BrN2O2. The van der Waals surface area contributed by atoms with Gasteiger partial charge in [-0.15, -0.1) is 0 Å². The molecule has 1 aromatic rings. The van der Waals surface area contributed by atoms with Crippen LogP contribution >= 0.6 is 15.9 Å². The number of carbonyl (C=O) groups excluding carboxylic acids is 1. The molecule has 0 unspecified atom stereocenters. The van der Waals surface area contributed by atoms with E-state index in [1.807, 2.05) is 31.3 Å². The second-order valence-corrected chi connectivity index (χ2v) is 5.73. The second kappa shape index (κ2) is 6.91. The summed E-state index contributed by atoms with van der Waals surface area (Å²) in [6, 6.07) is 8.23. The summed E-state index contributed by atoms with van der Waals surface area (Å²) in [5.41, 5.74) is 1.12. The van der Waals surface area contributed by atoms with Gasteiger partial charge in [0.25, 0.3) is 0 Å². The fraction of sp³-hybridized carbons (Fsp3) is 0.500. The first-order chi connectivity index (χ1) is 9.15. The molecule has 104 valence electrons. The van der Waals surface area contributed by atoms with E-state index in [0.29, 0.717) is 6.54 Å². The fourth-order valence-electron chi connectivity index (χ4n) is 2.06. The average Bonchev–Trinajstić information content (AvgIpc) is 2.42. The quantitative estimate of drug-likeness (QED) is 0.927. The molecule has 1 fully saturated rings. The summed E-state index contributed by atoms with van der Waals surface area (Å²) in [5, 5.41) is 3.05. The van der Waals surface area contributed by atoms with Gasteiger partial charge in [0.1, 0.15) is 0 Å². The van der Waals surface area contributed by atoms with Gasteiger partial charge in [-0.2, -0.15) is 0 Å². The summed E-state index contributed by atoms with van der Waals surface area (Å²) in [4.78, 5) is 13.8. The Balaban J connectivity index is 1.83. The Morgan fingerprint density at radius 3 is 2.63 bits per heavy atom. The van der Waals surface area contributed by atoms with E-state index in [-0.39, 0.29) is 12.1 Å². The lowest BCUT2D eigenvalue weighted by Gasteiger charge is -2.26. The van der Waals surface area contributed by atoms with Crippen molar-refractivity contribution in [2.24, 2.45) is 0 Å². The summed E-state index contributed by atoms with van der Waals surface area (Å²) in [5.74, 6) is 0. The molecule has 0 saturated carbocycles. The number of rotatable bonds is 3. The van der Waals surface area contributed by atoms with Crippen LogP contribution in [-0.4, -0.2) is 37.2 Å². The number of ether oxygens (including phenoxy) is 1. The highest BCUT2D eigenvalue weighted by Crippen LogP contribution is 2.12. The molecule has 0 radical (unpaired) electrons. The van der Waals surface area contributed by atoms with E-state index in [1.165, 1.54) is 0 Å². The summed E-state index contributed by atoms with van der Waals surface area (Å²) in [6.45, 7) is 2.09. The van der Waals surface area contributed by atoms with Crippen LogP contribution in [0.15, 0.2) is 28.7 Å². The molecule has 4 nitrogen and oxygen atoms in total. The minimum Gasteiger partial charge on any atom is -0.381 e. The van der Waals surface area contributed by atoms with Gasteiger partial charge >= 0.3 is 6.03 Å². The number of benzene rings is 1. The van der Waals surface area contributed by atoms with Gasteiger partial charge in [-0.05, 0) is 30.5 Å². The van der Waals surface area contributed by atoms with Gasteiger partial charge in [-0.25, -0.2) is 4.79 Å². The van der Waals surface area contributed by atoms with E-state index >= 15 is 0 Å². The maximum atomic E-state index is 12.0. The van der Waals surface area contributed by atoms with Crippen molar-refractivity contribution >= 4 is 22.0 Å². The number of hydrogen-bond acceptors (Lipinski definition) is 2. The zero-order valence-corrected chi connectivity index (χ0v) is 12.6. The van der Waals surface area contributed by atoms with Crippen LogP contribution in [0.4, 0.5) is 4.79 Å². The zero-order valence-electron chi connectivity index (χ0n) is 11.1. The van der Waals surface area contributed by atoms with Crippen LogP contribution in [0.5, 0.6) is 0 Å². The average molecular weight is 327 g/mol. The predicted molar refractivity (Wildman–Crippen MR) is 78.0 cm³/mol. The molecule has 0 atom stereocenters. The van der Waals surface area contributed by atoms with E-state index in [2.05, 4.69) is 21.2 Å². The third-order valence-electron chi connectivity index (χ3n) is 3.23. The Hall–Kier alpha value is -1.07. The van der Waals surface area contributed by atoms with E-state index in [4.69, 9.17) is 4.74 Å². The van der Waals surface area contributed by atoms with E-state index < -0.39 is 0 Å². The predicted octanol–water partition coefficient (Wildman–Crippen LogP) is 2.77. The fourth-order valence-corrected chi connectivity index (χ4v) is 2.33. The maximum Gasteiger partial charge on any atom is 0.317 e. The monoisotopic (exact) mass is 326 g/mol. The first-order valence-electron chi connectivity index (χ1n) is 6.49. The van der Waals surface area contributed by atoms with Gasteiger partial charge in [0.15, 0.2) is 0 Å². The molecule has 1 aliphatic rings. The molecular weight excluding hydrogens is 308 g/mol. The van der Waals surface area contributed by atoms with Crippen molar-refractivity contribution < 1.29 is 9.53 Å². The van der Waals surface area contributed by atoms with Gasteiger partial charge in [0, 0.05) is 37.3 Å². The lowest BCUT2D eigenvalue weighted by atomic mass is 10.1. The zero-order chi connectivity index (χ0) is 13.7. The number of halogens is 1. The summed E-state index contributed by atoms with van der Waals surface area (Å²) < 4.78 is 6.33. The molecule has 19 heavy (non-hydrogen) atoms. The Morgan fingerprint density at radius 1 is 1.37 bits per heavy atom. The molecule has 2 amide bonds.